The highest BCUT2D eigenvalue weighted by molar-refractivity contribution is 7.98. The second-order valence-corrected chi connectivity index (χ2v) is 3.21. The van der Waals surface area contributed by atoms with E-state index in [9.17, 15) is 4.39 Å². The molecule has 0 saturated heterocycles. The van der Waals surface area contributed by atoms with Gasteiger partial charge in [-0.1, -0.05) is 0 Å². The third-order valence-corrected chi connectivity index (χ3v) is 2.47. The summed E-state index contributed by atoms with van der Waals surface area (Å²) in [7, 11) is 0. The van der Waals surface area contributed by atoms with Gasteiger partial charge in [0, 0.05) is 10.5 Å². The summed E-state index contributed by atoms with van der Waals surface area (Å²) >= 11 is 1.45. The highest BCUT2D eigenvalue weighted by Crippen LogP contribution is 2.24. The molecule has 12 heavy (non-hydrogen) atoms. The van der Waals surface area contributed by atoms with E-state index in [2.05, 4.69) is 0 Å². The fourth-order valence-corrected chi connectivity index (χ4v) is 1.58. The van der Waals surface area contributed by atoms with Crippen molar-refractivity contribution in [2.45, 2.75) is 11.8 Å². The molecule has 0 atom stereocenters. The molecule has 0 amide bonds. The van der Waals surface area contributed by atoms with Crippen molar-refractivity contribution < 1.29 is 4.39 Å². The summed E-state index contributed by atoms with van der Waals surface area (Å²) in [4.78, 5) is 0.830. The van der Waals surface area contributed by atoms with Crippen LogP contribution in [0, 0.1) is 24.1 Å². The third-order valence-electron chi connectivity index (χ3n) is 1.69. The normalized spacial score (nSPS) is 9.50. The molecule has 0 spiro atoms. The summed E-state index contributed by atoms with van der Waals surface area (Å²) in [5.74, 6) is -0.315. The molecule has 0 aliphatic rings. The fraction of sp³-hybridized carbons (Fsp3) is 0.222. The molecular weight excluding hydrogens is 173 g/mol. The minimum atomic E-state index is -0.315. The van der Waals surface area contributed by atoms with E-state index >= 15 is 0 Å². The van der Waals surface area contributed by atoms with Crippen LogP contribution >= 0.6 is 11.8 Å². The van der Waals surface area contributed by atoms with E-state index in [-0.39, 0.29) is 5.82 Å². The number of halogens is 1. The molecule has 0 fully saturated rings. The Morgan fingerprint density at radius 1 is 1.50 bits per heavy atom. The second-order valence-electron chi connectivity index (χ2n) is 2.36. The monoisotopic (exact) mass is 181 g/mol. The highest BCUT2D eigenvalue weighted by Gasteiger charge is 2.07. The lowest BCUT2D eigenvalue weighted by Crippen LogP contribution is -1.90. The second kappa shape index (κ2) is 3.59. The SMILES string of the molecule is CSc1ccc(F)c(C)c1C#N. The van der Waals surface area contributed by atoms with Gasteiger partial charge in [-0.05, 0) is 25.3 Å². The standard InChI is InChI=1S/C9H8FNS/c1-6-7(5-11)9(12-2)4-3-8(6)10/h3-4H,1-2H3. The smallest absolute Gasteiger partial charge is 0.127 e. The van der Waals surface area contributed by atoms with Crippen LogP contribution in [0.15, 0.2) is 17.0 Å². The lowest BCUT2D eigenvalue weighted by atomic mass is 10.1. The Morgan fingerprint density at radius 3 is 2.67 bits per heavy atom. The van der Waals surface area contributed by atoms with Gasteiger partial charge in [0.1, 0.15) is 11.9 Å². The molecule has 0 aliphatic heterocycles. The van der Waals surface area contributed by atoms with E-state index < -0.39 is 0 Å². The van der Waals surface area contributed by atoms with Crippen LogP contribution in [0.3, 0.4) is 0 Å². The first kappa shape index (κ1) is 9.08. The Bertz CT molecular complexity index is 341. The van der Waals surface area contributed by atoms with Gasteiger partial charge in [-0.2, -0.15) is 5.26 Å². The molecule has 62 valence electrons. The predicted octanol–water partition coefficient (Wildman–Crippen LogP) is 2.73. The van der Waals surface area contributed by atoms with Crippen molar-refractivity contribution >= 4 is 11.8 Å². The zero-order chi connectivity index (χ0) is 9.14. The predicted molar refractivity (Wildman–Crippen MR) is 47.6 cm³/mol. The van der Waals surface area contributed by atoms with Gasteiger partial charge < -0.3 is 0 Å². The van der Waals surface area contributed by atoms with Crippen molar-refractivity contribution in [1.29, 1.82) is 5.26 Å². The van der Waals surface area contributed by atoms with Gasteiger partial charge in [0.2, 0.25) is 0 Å². The molecule has 1 aromatic rings. The van der Waals surface area contributed by atoms with Crippen LogP contribution in [0.5, 0.6) is 0 Å². The minimum absolute atomic E-state index is 0.315. The van der Waals surface area contributed by atoms with Gasteiger partial charge in [-0.3, -0.25) is 0 Å². The van der Waals surface area contributed by atoms with Gasteiger partial charge in [0.15, 0.2) is 0 Å². The van der Waals surface area contributed by atoms with Crippen LogP contribution < -0.4 is 0 Å². The first-order valence-electron chi connectivity index (χ1n) is 3.44. The molecule has 0 aromatic heterocycles. The van der Waals surface area contributed by atoms with E-state index in [1.165, 1.54) is 17.8 Å². The third kappa shape index (κ3) is 1.44. The summed E-state index contributed by atoms with van der Waals surface area (Å²) in [6.07, 6.45) is 1.87. The maximum absolute atomic E-state index is 12.9. The van der Waals surface area contributed by atoms with E-state index in [1.54, 1.807) is 13.0 Å². The van der Waals surface area contributed by atoms with Crippen LogP contribution in [0.2, 0.25) is 0 Å². The topological polar surface area (TPSA) is 23.8 Å². The Kier molecular flexibility index (Phi) is 2.72. The number of nitrogens with zero attached hydrogens (tertiary/aromatic N) is 1. The molecule has 0 saturated carbocycles. The van der Waals surface area contributed by atoms with E-state index in [1.807, 2.05) is 12.3 Å². The quantitative estimate of drug-likeness (QED) is 0.622. The molecule has 0 aliphatic carbocycles. The molecule has 1 nitrogen and oxygen atoms in total. The Morgan fingerprint density at radius 2 is 2.17 bits per heavy atom. The van der Waals surface area contributed by atoms with Crippen molar-refractivity contribution in [2.24, 2.45) is 0 Å². The zero-order valence-electron chi connectivity index (χ0n) is 6.89. The molecule has 1 rings (SSSR count). The number of nitriles is 1. The molecule has 3 heteroatoms. The van der Waals surface area contributed by atoms with Crippen molar-refractivity contribution in [2.75, 3.05) is 6.26 Å². The van der Waals surface area contributed by atoms with Crippen LogP contribution in [0.25, 0.3) is 0 Å². The number of rotatable bonds is 1. The van der Waals surface area contributed by atoms with Gasteiger partial charge in [0.05, 0.1) is 5.56 Å². The van der Waals surface area contributed by atoms with Crippen LogP contribution in [0.1, 0.15) is 11.1 Å². The molecule has 0 heterocycles. The van der Waals surface area contributed by atoms with Crippen LogP contribution in [0.4, 0.5) is 4.39 Å². The Balaban J connectivity index is 3.38. The summed E-state index contributed by atoms with van der Waals surface area (Å²) in [5.41, 5.74) is 0.881. The van der Waals surface area contributed by atoms with Crippen LogP contribution in [-0.4, -0.2) is 6.26 Å². The number of thioether (sulfide) groups is 1. The molecular formula is C9H8FNS. The van der Waals surface area contributed by atoms with E-state index in [0.717, 1.165) is 4.90 Å². The molecule has 0 unspecified atom stereocenters. The molecule has 0 bridgehead atoms. The van der Waals surface area contributed by atoms with Crippen molar-refractivity contribution in [3.8, 4) is 6.07 Å². The number of hydrogen-bond acceptors (Lipinski definition) is 2. The molecule has 0 N–H and O–H groups in total. The first-order valence-corrected chi connectivity index (χ1v) is 4.66. The average molecular weight is 181 g/mol. The fourth-order valence-electron chi connectivity index (χ4n) is 0.970. The van der Waals surface area contributed by atoms with Crippen molar-refractivity contribution in [3.63, 3.8) is 0 Å². The zero-order valence-corrected chi connectivity index (χ0v) is 7.70. The average Bonchev–Trinajstić information content (AvgIpc) is 2.09. The van der Waals surface area contributed by atoms with E-state index in [4.69, 9.17) is 5.26 Å². The molecule has 1 aromatic carbocycles. The van der Waals surface area contributed by atoms with Crippen LogP contribution in [-0.2, 0) is 0 Å². The Hall–Kier alpha value is -1.01. The lowest BCUT2D eigenvalue weighted by molar-refractivity contribution is 0.616. The van der Waals surface area contributed by atoms with Gasteiger partial charge in [0.25, 0.3) is 0 Å². The largest absolute Gasteiger partial charge is 0.207 e. The van der Waals surface area contributed by atoms with Crippen molar-refractivity contribution in [1.82, 2.24) is 0 Å². The van der Waals surface area contributed by atoms with Gasteiger partial charge in [-0.25, -0.2) is 4.39 Å². The summed E-state index contributed by atoms with van der Waals surface area (Å²) in [5, 5.41) is 8.72. The molecule has 0 radical (unpaired) electrons. The summed E-state index contributed by atoms with van der Waals surface area (Å²) in [6, 6.07) is 5.02. The summed E-state index contributed by atoms with van der Waals surface area (Å²) in [6.45, 7) is 1.62. The van der Waals surface area contributed by atoms with Crippen molar-refractivity contribution in [3.05, 3.63) is 29.1 Å². The highest BCUT2D eigenvalue weighted by atomic mass is 32.2. The van der Waals surface area contributed by atoms with E-state index in [0.29, 0.717) is 11.1 Å². The summed E-state index contributed by atoms with van der Waals surface area (Å²) < 4.78 is 12.9. The first-order chi connectivity index (χ1) is 5.70. The van der Waals surface area contributed by atoms with Gasteiger partial charge in [-0.15, -0.1) is 11.8 Å². The maximum atomic E-state index is 12.9. The maximum Gasteiger partial charge on any atom is 0.127 e. The number of hydrogen-bond donors (Lipinski definition) is 0. The lowest BCUT2D eigenvalue weighted by Gasteiger charge is -2.03. The Labute approximate surface area is 75.2 Å². The number of benzene rings is 1. The minimum Gasteiger partial charge on any atom is -0.207 e. The van der Waals surface area contributed by atoms with Gasteiger partial charge >= 0.3 is 0 Å².